The van der Waals surface area contributed by atoms with Crippen molar-refractivity contribution in [2.24, 2.45) is 17.3 Å². The molecule has 54 heavy (non-hydrogen) atoms. The average Bonchev–Trinajstić information content (AvgIpc) is 3.50. The maximum atomic E-state index is 14.5. The van der Waals surface area contributed by atoms with Crippen molar-refractivity contribution in [3.8, 4) is 0 Å². The molecule has 3 aromatic rings. The van der Waals surface area contributed by atoms with Crippen molar-refractivity contribution in [1.29, 1.82) is 0 Å². The van der Waals surface area contributed by atoms with Gasteiger partial charge in [-0.2, -0.15) is 0 Å². The zero-order valence-electron chi connectivity index (χ0n) is 32.5. The Morgan fingerprint density at radius 1 is 1.00 bits per heavy atom. The number of benzene rings is 2. The molecule has 0 bridgehead atoms. The summed E-state index contributed by atoms with van der Waals surface area (Å²) >= 11 is 0. The van der Waals surface area contributed by atoms with Gasteiger partial charge in [0.05, 0.1) is 31.2 Å². The van der Waals surface area contributed by atoms with Gasteiger partial charge in [0.15, 0.2) is 0 Å². The molecule has 6 atom stereocenters. The van der Waals surface area contributed by atoms with E-state index in [2.05, 4.69) is 31.0 Å². The van der Waals surface area contributed by atoms with Gasteiger partial charge in [0.1, 0.15) is 0 Å². The number of urea groups is 1. The maximum Gasteiger partial charge on any atom is 0.406 e. The highest BCUT2D eigenvalue weighted by atomic mass is 16.5. The van der Waals surface area contributed by atoms with E-state index in [9.17, 15) is 24.3 Å². The molecule has 12 nitrogen and oxygen atoms in total. The summed E-state index contributed by atoms with van der Waals surface area (Å²) in [5.41, 5.74) is 3.09. The minimum Gasteiger partial charge on any atom is -0.453 e. The summed E-state index contributed by atoms with van der Waals surface area (Å²) in [4.78, 5) is 59.1. The molecule has 6 unspecified atom stereocenters. The third-order valence-electron chi connectivity index (χ3n) is 10.4. The molecule has 4 rings (SSSR count). The third kappa shape index (κ3) is 12.3. The van der Waals surface area contributed by atoms with Crippen LogP contribution in [0.4, 0.5) is 9.59 Å². The van der Waals surface area contributed by atoms with E-state index in [-0.39, 0.29) is 43.1 Å². The lowest BCUT2D eigenvalue weighted by Crippen LogP contribution is -2.53. The highest BCUT2D eigenvalue weighted by molar-refractivity contribution is 5.83. The van der Waals surface area contributed by atoms with Gasteiger partial charge in [0, 0.05) is 44.0 Å². The minimum absolute atomic E-state index is 0.0513. The fourth-order valence-corrected chi connectivity index (χ4v) is 7.13. The Bertz CT molecular complexity index is 1670. The molecule has 0 aliphatic carbocycles. The summed E-state index contributed by atoms with van der Waals surface area (Å²) in [6.07, 6.45) is 1.93. The van der Waals surface area contributed by atoms with Crippen LogP contribution < -0.4 is 21.3 Å². The summed E-state index contributed by atoms with van der Waals surface area (Å²) < 4.78 is 4.68. The SMILES string of the molecule is CCC(C)C(C(=O)NC(Cc1ccccc1)CC(O)C(Cc1ccccc1)NC(=O)CC(C)(C)CNC(=O)OC)C1CNC(=O)N1Cc1cccnc1C. The Balaban J connectivity index is 1.57. The fraction of sp³-hybridized carbons (Fsp3) is 0.500. The van der Waals surface area contributed by atoms with Crippen LogP contribution in [0.5, 0.6) is 0 Å². The summed E-state index contributed by atoms with van der Waals surface area (Å²) in [6, 6.07) is 21.5. The highest BCUT2D eigenvalue weighted by Crippen LogP contribution is 2.29. The van der Waals surface area contributed by atoms with Gasteiger partial charge in [-0.25, -0.2) is 9.59 Å². The maximum absolute atomic E-state index is 14.5. The van der Waals surface area contributed by atoms with Crippen molar-refractivity contribution in [2.45, 2.75) is 97.5 Å². The predicted molar refractivity (Wildman–Crippen MR) is 208 cm³/mol. The number of carbonyl (C=O) groups is 4. The monoisotopic (exact) mass is 742 g/mol. The standard InChI is InChI=1S/C42H58N6O6/c1-7-28(2)38(35-25-44-40(52)48(35)26-32-19-14-20-43-29(32)3)39(51)46-33(21-30-15-10-8-11-16-30)23-36(49)34(22-31-17-12-9-13-18-31)47-37(50)24-42(4,5)27-45-41(53)54-6/h8-20,28,33-36,38,49H,7,21-27H2,1-6H3,(H,44,52)(H,45,53)(H,46,51)(H,47,50). The molecule has 2 aromatic carbocycles. The molecule has 12 heteroatoms. The van der Waals surface area contributed by atoms with Crippen LogP contribution in [-0.4, -0.2) is 83.4 Å². The van der Waals surface area contributed by atoms with E-state index >= 15 is 0 Å². The van der Waals surface area contributed by atoms with Gasteiger partial charge in [-0.3, -0.25) is 14.6 Å². The van der Waals surface area contributed by atoms with Crippen LogP contribution in [-0.2, 0) is 33.7 Å². The van der Waals surface area contributed by atoms with Crippen LogP contribution in [0.2, 0.25) is 0 Å². The highest BCUT2D eigenvalue weighted by Gasteiger charge is 2.43. The number of hydrogen-bond acceptors (Lipinski definition) is 7. The van der Waals surface area contributed by atoms with Crippen molar-refractivity contribution >= 4 is 23.9 Å². The number of ether oxygens (including phenoxy) is 1. The van der Waals surface area contributed by atoms with Crippen LogP contribution >= 0.6 is 0 Å². The molecule has 1 aliphatic heterocycles. The molecule has 5 amide bonds. The lowest BCUT2D eigenvalue weighted by Gasteiger charge is -2.35. The first-order valence-electron chi connectivity index (χ1n) is 18.9. The van der Waals surface area contributed by atoms with E-state index < -0.39 is 41.7 Å². The van der Waals surface area contributed by atoms with Gasteiger partial charge in [0.25, 0.3) is 0 Å². The van der Waals surface area contributed by atoms with Crippen molar-refractivity contribution in [2.75, 3.05) is 20.2 Å². The first-order valence-corrected chi connectivity index (χ1v) is 18.9. The molecule has 1 aromatic heterocycles. The molecule has 0 radical (unpaired) electrons. The molecule has 0 spiro atoms. The number of aliphatic hydroxyl groups excluding tert-OH is 1. The third-order valence-corrected chi connectivity index (χ3v) is 10.4. The zero-order valence-corrected chi connectivity index (χ0v) is 32.5. The van der Waals surface area contributed by atoms with E-state index in [0.717, 1.165) is 28.8 Å². The van der Waals surface area contributed by atoms with Gasteiger partial charge in [-0.1, -0.05) is 101 Å². The van der Waals surface area contributed by atoms with Crippen molar-refractivity contribution < 1.29 is 29.0 Å². The van der Waals surface area contributed by atoms with E-state index in [1.165, 1.54) is 7.11 Å². The fourth-order valence-electron chi connectivity index (χ4n) is 7.13. The summed E-state index contributed by atoms with van der Waals surface area (Å²) in [5.74, 6) is -1.03. The number of carbonyl (C=O) groups excluding carboxylic acids is 4. The first-order chi connectivity index (χ1) is 25.8. The van der Waals surface area contributed by atoms with E-state index in [1.54, 1.807) is 11.1 Å². The Hall–Kier alpha value is -4.97. The molecular weight excluding hydrogens is 684 g/mol. The predicted octanol–water partition coefficient (Wildman–Crippen LogP) is 4.92. The second kappa shape index (κ2) is 19.9. The summed E-state index contributed by atoms with van der Waals surface area (Å²) in [6.45, 7) is 10.6. The molecule has 1 fully saturated rings. The first kappa shape index (κ1) is 41.8. The van der Waals surface area contributed by atoms with Gasteiger partial charge >= 0.3 is 12.1 Å². The summed E-state index contributed by atoms with van der Waals surface area (Å²) in [5, 5.41) is 24.0. The number of amides is 5. The molecule has 2 heterocycles. The van der Waals surface area contributed by atoms with Gasteiger partial charge in [0.2, 0.25) is 11.8 Å². The lowest BCUT2D eigenvalue weighted by atomic mass is 9.83. The lowest BCUT2D eigenvalue weighted by molar-refractivity contribution is -0.130. The van der Waals surface area contributed by atoms with Crippen LogP contribution in [0.15, 0.2) is 79.0 Å². The van der Waals surface area contributed by atoms with Gasteiger partial charge in [-0.05, 0) is 60.3 Å². The van der Waals surface area contributed by atoms with E-state index in [0.29, 0.717) is 25.9 Å². The second-order valence-electron chi connectivity index (χ2n) is 15.3. The molecule has 0 saturated carbocycles. The number of hydrogen-bond donors (Lipinski definition) is 5. The number of alkyl carbamates (subject to hydrolysis) is 1. The summed E-state index contributed by atoms with van der Waals surface area (Å²) in [7, 11) is 1.29. The van der Waals surface area contributed by atoms with E-state index in [1.807, 2.05) is 107 Å². The normalized spacial score (nSPS) is 17.1. The Morgan fingerprint density at radius 3 is 2.26 bits per heavy atom. The van der Waals surface area contributed by atoms with Crippen LogP contribution in [0.1, 0.15) is 69.3 Å². The number of aliphatic hydroxyl groups is 1. The minimum atomic E-state index is -1.03. The second-order valence-corrected chi connectivity index (χ2v) is 15.3. The Morgan fingerprint density at radius 2 is 1.65 bits per heavy atom. The van der Waals surface area contributed by atoms with Crippen LogP contribution in [0.25, 0.3) is 0 Å². The number of nitrogens with one attached hydrogen (secondary N) is 4. The molecular formula is C42H58N6O6. The number of rotatable bonds is 19. The number of pyridine rings is 1. The molecule has 292 valence electrons. The molecule has 1 saturated heterocycles. The van der Waals surface area contributed by atoms with Gasteiger partial charge in [-0.15, -0.1) is 0 Å². The number of aromatic nitrogens is 1. The quantitative estimate of drug-likeness (QED) is 0.116. The number of aryl methyl sites for hydroxylation is 1. The van der Waals surface area contributed by atoms with Crippen molar-refractivity contribution in [3.05, 3.63) is 101 Å². The largest absolute Gasteiger partial charge is 0.453 e. The topological polar surface area (TPSA) is 162 Å². The molecule has 5 N–H and O–H groups in total. The smallest absolute Gasteiger partial charge is 0.406 e. The van der Waals surface area contributed by atoms with Crippen molar-refractivity contribution in [1.82, 2.24) is 31.2 Å². The van der Waals surface area contributed by atoms with Crippen molar-refractivity contribution in [3.63, 3.8) is 0 Å². The zero-order chi connectivity index (χ0) is 39.3. The van der Waals surface area contributed by atoms with Crippen LogP contribution in [0.3, 0.4) is 0 Å². The number of methoxy groups -OCH3 is 1. The Labute approximate surface area is 319 Å². The van der Waals surface area contributed by atoms with E-state index in [4.69, 9.17) is 0 Å². The van der Waals surface area contributed by atoms with Gasteiger partial charge < -0.3 is 36.0 Å². The number of nitrogens with zero attached hydrogens (tertiary/aromatic N) is 2. The molecule has 1 aliphatic rings. The Kier molecular flexibility index (Phi) is 15.4. The van der Waals surface area contributed by atoms with Crippen LogP contribution in [0, 0.1) is 24.2 Å². The average molecular weight is 743 g/mol.